The molecule has 1 aromatic rings. The Labute approximate surface area is 163 Å². The van der Waals surface area contributed by atoms with E-state index in [1.54, 1.807) is 17.0 Å². The second-order valence-corrected chi connectivity index (χ2v) is 6.20. The fraction of sp³-hybridized carbons (Fsp3) is 0.389. The highest BCUT2D eigenvalue weighted by molar-refractivity contribution is 5.87. The number of carbonyl (C=O) groups is 3. The van der Waals surface area contributed by atoms with Crippen LogP contribution in [0, 0.1) is 11.8 Å². The molecule has 2 fully saturated rings. The number of benzene rings is 1. The van der Waals surface area contributed by atoms with Crippen LogP contribution in [0.15, 0.2) is 24.3 Å². The number of alkyl halides is 3. The summed E-state index contributed by atoms with van der Waals surface area (Å²) in [6, 6.07) is 6.71. The van der Waals surface area contributed by atoms with E-state index in [4.69, 9.17) is 15.0 Å². The monoisotopic (exact) mass is 413 g/mol. The summed E-state index contributed by atoms with van der Waals surface area (Å²) in [5.41, 5.74) is 0.987. The summed E-state index contributed by atoms with van der Waals surface area (Å²) < 4.78 is 31.7. The third kappa shape index (κ3) is 6.11. The molecule has 0 spiro atoms. The van der Waals surface area contributed by atoms with Crippen molar-refractivity contribution in [3.05, 3.63) is 35.4 Å². The number of fused-ring (bicyclic) bond motifs is 1. The SMILES string of the molecule is O=C(O)C(F)(F)F.O=C(O)c1ccc(C#CCN2C[C@@H]3CNCCN3C2=O)cc1. The first-order chi connectivity index (χ1) is 13.6. The summed E-state index contributed by atoms with van der Waals surface area (Å²) in [4.78, 5) is 35.5. The maximum atomic E-state index is 12.2. The Hall–Kier alpha value is -3.26. The third-order valence-electron chi connectivity index (χ3n) is 4.17. The predicted molar refractivity (Wildman–Crippen MR) is 94.3 cm³/mol. The van der Waals surface area contributed by atoms with Crippen LogP contribution in [0.25, 0.3) is 0 Å². The Bertz CT molecular complexity index is 830. The van der Waals surface area contributed by atoms with Gasteiger partial charge in [-0.2, -0.15) is 13.2 Å². The molecular weight excluding hydrogens is 395 g/mol. The van der Waals surface area contributed by atoms with Crippen molar-refractivity contribution in [3.8, 4) is 11.8 Å². The summed E-state index contributed by atoms with van der Waals surface area (Å²) in [6.07, 6.45) is -5.08. The second-order valence-electron chi connectivity index (χ2n) is 6.20. The van der Waals surface area contributed by atoms with Gasteiger partial charge in [-0.3, -0.25) is 0 Å². The van der Waals surface area contributed by atoms with E-state index in [1.165, 1.54) is 12.1 Å². The maximum Gasteiger partial charge on any atom is 0.490 e. The van der Waals surface area contributed by atoms with E-state index in [0.29, 0.717) is 13.1 Å². The molecule has 1 atom stereocenters. The van der Waals surface area contributed by atoms with E-state index in [1.807, 2.05) is 4.90 Å². The number of nitrogens with one attached hydrogen (secondary N) is 1. The van der Waals surface area contributed by atoms with Crippen LogP contribution >= 0.6 is 0 Å². The van der Waals surface area contributed by atoms with E-state index in [9.17, 15) is 22.8 Å². The molecule has 3 N–H and O–H groups in total. The van der Waals surface area contributed by atoms with Gasteiger partial charge in [0, 0.05) is 31.7 Å². The largest absolute Gasteiger partial charge is 0.490 e. The molecule has 0 bridgehead atoms. The molecule has 2 heterocycles. The van der Waals surface area contributed by atoms with Gasteiger partial charge in [0.1, 0.15) is 0 Å². The first-order valence-electron chi connectivity index (χ1n) is 8.48. The molecule has 3 rings (SSSR count). The van der Waals surface area contributed by atoms with E-state index >= 15 is 0 Å². The zero-order valence-electron chi connectivity index (χ0n) is 15.1. The third-order valence-corrected chi connectivity index (χ3v) is 4.17. The number of hydrogen-bond donors (Lipinski definition) is 3. The summed E-state index contributed by atoms with van der Waals surface area (Å²) in [5, 5.41) is 19.3. The van der Waals surface area contributed by atoms with Crippen molar-refractivity contribution in [1.29, 1.82) is 0 Å². The lowest BCUT2D eigenvalue weighted by molar-refractivity contribution is -0.192. The summed E-state index contributed by atoms with van der Waals surface area (Å²) in [7, 11) is 0. The highest BCUT2D eigenvalue weighted by Gasteiger charge is 2.38. The molecule has 1 aromatic carbocycles. The number of urea groups is 1. The molecule has 2 aliphatic rings. The summed E-state index contributed by atoms with van der Waals surface area (Å²) in [6.45, 7) is 3.54. The number of carboxylic acid groups (broad SMARTS) is 2. The lowest BCUT2D eigenvalue weighted by atomic mass is 10.1. The average Bonchev–Trinajstić information content (AvgIpc) is 2.98. The lowest BCUT2D eigenvalue weighted by Crippen LogP contribution is -2.49. The van der Waals surface area contributed by atoms with Crippen LogP contribution in [0.5, 0.6) is 0 Å². The van der Waals surface area contributed by atoms with Gasteiger partial charge in [0.2, 0.25) is 0 Å². The van der Waals surface area contributed by atoms with Crippen LogP contribution in [0.4, 0.5) is 18.0 Å². The molecule has 156 valence electrons. The Kier molecular flexibility index (Phi) is 7.06. The van der Waals surface area contributed by atoms with Gasteiger partial charge in [-0.25, -0.2) is 14.4 Å². The molecule has 0 unspecified atom stereocenters. The number of aliphatic carboxylic acids is 1. The van der Waals surface area contributed by atoms with Gasteiger partial charge in [0.15, 0.2) is 0 Å². The Balaban J connectivity index is 0.000000370. The van der Waals surface area contributed by atoms with Gasteiger partial charge in [0.05, 0.1) is 18.2 Å². The van der Waals surface area contributed by atoms with Crippen molar-refractivity contribution < 1.29 is 37.8 Å². The Morgan fingerprint density at radius 1 is 1.21 bits per heavy atom. The standard InChI is InChI=1S/C16H17N3O3.C2HF3O2/c20-15(21)13-5-3-12(4-6-13)2-1-8-18-11-14-10-17-7-9-19(14)16(18)22;3-2(4,5)1(6)7/h3-6,14,17H,7-11H2,(H,20,21);(H,6,7)/t14-;/m0./s1. The van der Waals surface area contributed by atoms with Crippen LogP contribution in [0.3, 0.4) is 0 Å². The van der Waals surface area contributed by atoms with Crippen molar-refractivity contribution in [1.82, 2.24) is 15.1 Å². The van der Waals surface area contributed by atoms with Gasteiger partial charge in [-0.1, -0.05) is 11.8 Å². The van der Waals surface area contributed by atoms with Crippen LogP contribution in [0.1, 0.15) is 15.9 Å². The molecule has 0 aromatic heterocycles. The molecule has 29 heavy (non-hydrogen) atoms. The lowest BCUT2D eigenvalue weighted by Gasteiger charge is -2.28. The molecule has 0 aliphatic carbocycles. The molecule has 8 nitrogen and oxygen atoms in total. The fourth-order valence-corrected chi connectivity index (χ4v) is 2.76. The number of aromatic carboxylic acids is 1. The molecule has 2 saturated heterocycles. The predicted octanol–water partition coefficient (Wildman–Crippen LogP) is 1.08. The minimum Gasteiger partial charge on any atom is -0.478 e. The van der Waals surface area contributed by atoms with Crippen molar-refractivity contribution in [2.24, 2.45) is 0 Å². The van der Waals surface area contributed by atoms with Crippen molar-refractivity contribution in [2.45, 2.75) is 12.2 Å². The van der Waals surface area contributed by atoms with E-state index < -0.39 is 18.1 Å². The highest BCUT2D eigenvalue weighted by atomic mass is 19.4. The number of hydrogen-bond acceptors (Lipinski definition) is 4. The molecule has 0 radical (unpaired) electrons. The highest BCUT2D eigenvalue weighted by Crippen LogP contribution is 2.16. The quantitative estimate of drug-likeness (QED) is 0.626. The molecule has 2 amide bonds. The zero-order chi connectivity index (χ0) is 21.6. The molecule has 0 saturated carbocycles. The Morgan fingerprint density at radius 3 is 2.34 bits per heavy atom. The van der Waals surface area contributed by atoms with Crippen LogP contribution in [0.2, 0.25) is 0 Å². The van der Waals surface area contributed by atoms with Gasteiger partial charge < -0.3 is 25.3 Å². The molecule has 11 heteroatoms. The van der Waals surface area contributed by atoms with Gasteiger partial charge in [-0.05, 0) is 24.3 Å². The average molecular weight is 413 g/mol. The first-order valence-corrected chi connectivity index (χ1v) is 8.48. The van der Waals surface area contributed by atoms with Gasteiger partial charge >= 0.3 is 24.1 Å². The van der Waals surface area contributed by atoms with Crippen LogP contribution < -0.4 is 5.32 Å². The second kappa shape index (κ2) is 9.29. The van der Waals surface area contributed by atoms with Crippen LogP contribution in [-0.2, 0) is 4.79 Å². The van der Waals surface area contributed by atoms with E-state index in [2.05, 4.69) is 17.2 Å². The number of amides is 2. The smallest absolute Gasteiger partial charge is 0.478 e. The van der Waals surface area contributed by atoms with Crippen molar-refractivity contribution >= 4 is 18.0 Å². The van der Waals surface area contributed by atoms with Crippen molar-refractivity contribution in [3.63, 3.8) is 0 Å². The van der Waals surface area contributed by atoms with Crippen molar-refractivity contribution in [2.75, 3.05) is 32.7 Å². The number of halogens is 3. The zero-order valence-corrected chi connectivity index (χ0v) is 15.1. The topological polar surface area (TPSA) is 110 Å². The van der Waals surface area contributed by atoms with E-state index in [0.717, 1.165) is 25.2 Å². The van der Waals surface area contributed by atoms with E-state index in [-0.39, 0.29) is 17.6 Å². The molecule has 2 aliphatic heterocycles. The Morgan fingerprint density at radius 2 is 1.83 bits per heavy atom. The molecular formula is C18H18F3N3O5. The summed E-state index contributed by atoms with van der Waals surface area (Å²) >= 11 is 0. The number of piperazine rings is 1. The first kappa shape index (κ1) is 22.0. The maximum absolute atomic E-state index is 12.2. The number of nitrogens with zero attached hydrogens (tertiary/aromatic N) is 2. The summed E-state index contributed by atoms with van der Waals surface area (Å²) in [5.74, 6) is 2.25. The number of rotatable bonds is 2. The van der Waals surface area contributed by atoms with Gasteiger partial charge in [-0.15, -0.1) is 0 Å². The fourth-order valence-electron chi connectivity index (χ4n) is 2.76. The normalized spacial score (nSPS) is 18.2. The van der Waals surface area contributed by atoms with Crippen LogP contribution in [-0.4, -0.2) is 82.9 Å². The minimum atomic E-state index is -5.08. The minimum absolute atomic E-state index is 0.0574. The number of carboxylic acids is 2. The van der Waals surface area contributed by atoms with Gasteiger partial charge in [0.25, 0.3) is 0 Å². The number of carbonyl (C=O) groups excluding carboxylic acids is 1.